The predicted molar refractivity (Wildman–Crippen MR) is 131 cm³/mol. The van der Waals surface area contributed by atoms with Crippen molar-refractivity contribution in [1.82, 2.24) is 24.6 Å². The average molecular weight is 505 g/mol. The van der Waals surface area contributed by atoms with Crippen LogP contribution < -0.4 is 10.5 Å². The van der Waals surface area contributed by atoms with Gasteiger partial charge in [-0.3, -0.25) is 19.4 Å². The molecule has 0 atom stereocenters. The zero-order valence-corrected chi connectivity index (χ0v) is 19.6. The summed E-state index contributed by atoms with van der Waals surface area (Å²) >= 11 is 0. The maximum atomic E-state index is 13.4. The number of piperazine rings is 1. The summed E-state index contributed by atoms with van der Waals surface area (Å²) in [5, 5.41) is 7.31. The van der Waals surface area contributed by atoms with Gasteiger partial charge in [0.25, 0.3) is 5.56 Å². The van der Waals surface area contributed by atoms with Crippen LogP contribution in [0, 0.1) is 0 Å². The number of hydrogen-bond acceptors (Lipinski definition) is 5. The van der Waals surface area contributed by atoms with E-state index < -0.39 is 18.3 Å². The normalized spacial score (nSPS) is 17.2. The molecule has 1 saturated carbocycles. The van der Waals surface area contributed by atoms with Crippen LogP contribution in [0.25, 0.3) is 32.9 Å². The maximum absolute atomic E-state index is 13.4. The second-order valence-electron chi connectivity index (χ2n) is 9.03. The van der Waals surface area contributed by atoms with E-state index in [1.165, 1.54) is 19.0 Å². The lowest BCUT2D eigenvalue weighted by Crippen LogP contribution is -2.47. The van der Waals surface area contributed by atoms with E-state index >= 15 is 0 Å². The fraction of sp³-hybridized carbons (Fsp3) is 0.375. The highest BCUT2D eigenvalue weighted by Crippen LogP contribution is 2.34. The smallest absolute Gasteiger partial charge is 0.354 e. The quantitative estimate of drug-likeness (QED) is 0.451. The fourth-order valence-corrected chi connectivity index (χ4v) is 4.99. The minimum atomic E-state index is -4.54. The summed E-state index contributed by atoms with van der Waals surface area (Å²) in [7, 11) is 0. The molecule has 0 bridgehead atoms. The Balaban J connectivity index is 0.00000253. The third kappa shape index (κ3) is 4.36. The number of benzene rings is 1. The summed E-state index contributed by atoms with van der Waals surface area (Å²) in [5.74, 6) is 0.810. The molecule has 7 nitrogen and oxygen atoms in total. The highest BCUT2D eigenvalue weighted by molar-refractivity contribution is 6.04. The lowest BCUT2D eigenvalue weighted by atomic mass is 10.0. The van der Waals surface area contributed by atoms with E-state index in [0.717, 1.165) is 53.7 Å². The topological polar surface area (TPSA) is 70.1 Å². The second-order valence-corrected chi connectivity index (χ2v) is 9.03. The van der Waals surface area contributed by atoms with Crippen molar-refractivity contribution in [3.05, 3.63) is 53.1 Å². The number of aromatic nitrogens is 4. The number of anilines is 1. The molecule has 3 aromatic heterocycles. The Morgan fingerprint density at radius 2 is 1.83 bits per heavy atom. The molecule has 0 radical (unpaired) electrons. The van der Waals surface area contributed by atoms with Crippen LogP contribution in [0.3, 0.4) is 0 Å². The molecule has 6 rings (SSSR count). The first-order valence-electron chi connectivity index (χ1n) is 11.4. The summed E-state index contributed by atoms with van der Waals surface area (Å²) in [6, 6.07) is 9.74. The van der Waals surface area contributed by atoms with Gasteiger partial charge in [0.1, 0.15) is 12.4 Å². The lowest BCUT2D eigenvalue weighted by Gasteiger charge is -2.36. The zero-order chi connectivity index (χ0) is 23.4. The van der Waals surface area contributed by atoms with E-state index in [1.54, 1.807) is 18.3 Å². The molecule has 1 N–H and O–H groups in total. The molecule has 184 valence electrons. The molecule has 0 spiro atoms. The van der Waals surface area contributed by atoms with Crippen LogP contribution in [0.5, 0.6) is 0 Å². The molecule has 4 aromatic rings. The molecular formula is C24H24ClF3N6O. The number of H-pyrrole nitrogens is 1. The largest absolute Gasteiger partial charge is 0.406 e. The van der Waals surface area contributed by atoms with Crippen molar-refractivity contribution in [2.24, 2.45) is 0 Å². The van der Waals surface area contributed by atoms with Gasteiger partial charge in [-0.2, -0.15) is 18.3 Å². The molecule has 2 aliphatic rings. The molecule has 1 aromatic carbocycles. The molecule has 0 amide bonds. The fourth-order valence-electron chi connectivity index (χ4n) is 4.99. The van der Waals surface area contributed by atoms with E-state index in [9.17, 15) is 18.0 Å². The lowest BCUT2D eigenvalue weighted by molar-refractivity contribution is -0.140. The molecule has 35 heavy (non-hydrogen) atoms. The summed E-state index contributed by atoms with van der Waals surface area (Å²) < 4.78 is 41.0. The molecule has 0 unspecified atom stereocenters. The molecule has 11 heteroatoms. The van der Waals surface area contributed by atoms with Gasteiger partial charge in [-0.05, 0) is 36.6 Å². The third-order valence-electron chi connectivity index (χ3n) is 6.78. The molecule has 4 heterocycles. The van der Waals surface area contributed by atoms with Crippen LogP contribution in [0.4, 0.5) is 19.0 Å². The number of fused-ring (bicyclic) bond motifs is 3. The van der Waals surface area contributed by atoms with Gasteiger partial charge in [-0.25, -0.2) is 4.98 Å². The molecule has 1 aliphatic carbocycles. The van der Waals surface area contributed by atoms with Crippen LogP contribution in [0.2, 0.25) is 0 Å². The van der Waals surface area contributed by atoms with E-state index in [-0.39, 0.29) is 23.3 Å². The van der Waals surface area contributed by atoms with E-state index in [1.807, 2.05) is 18.2 Å². The van der Waals surface area contributed by atoms with Gasteiger partial charge in [0.15, 0.2) is 0 Å². The molecule has 2 fully saturated rings. The summed E-state index contributed by atoms with van der Waals surface area (Å²) in [4.78, 5) is 22.3. The Morgan fingerprint density at radius 1 is 1.06 bits per heavy atom. The van der Waals surface area contributed by atoms with Crippen molar-refractivity contribution in [2.45, 2.75) is 31.6 Å². The Bertz CT molecular complexity index is 1440. The van der Waals surface area contributed by atoms with Crippen molar-refractivity contribution >= 4 is 40.0 Å². The number of hydrogen-bond donors (Lipinski definition) is 1. The monoisotopic (exact) mass is 504 g/mol. The van der Waals surface area contributed by atoms with Gasteiger partial charge in [0.05, 0.1) is 22.6 Å². The van der Waals surface area contributed by atoms with Gasteiger partial charge in [-0.1, -0.05) is 12.1 Å². The molecule has 1 saturated heterocycles. The minimum absolute atomic E-state index is 0. The first-order valence-corrected chi connectivity index (χ1v) is 11.4. The Morgan fingerprint density at radius 3 is 2.54 bits per heavy atom. The van der Waals surface area contributed by atoms with E-state index in [0.29, 0.717) is 10.9 Å². The Kier molecular flexibility index (Phi) is 5.96. The van der Waals surface area contributed by atoms with Gasteiger partial charge in [0.2, 0.25) is 0 Å². The number of nitrogens with zero attached hydrogens (tertiary/aromatic N) is 5. The number of pyridine rings is 2. The SMILES string of the molecule is Cl.O=c1c2cn[nH]c2c2ccc(-c3cccnc3N3CCN(C4CC4)CC3)cc2n1CC(F)(F)F. The number of halogens is 4. The number of alkyl halides is 3. The standard InChI is InChI=1S/C24H23F3N6O.ClH/c25-24(26,27)14-33-20-12-15(3-6-18(20)21-19(23(33)34)13-29-30-21)17-2-1-7-28-22(17)32-10-8-31(9-11-32)16-4-5-16;/h1-3,6-7,12-13,16H,4-5,8-11,14H2,(H,29,30);1H. The Labute approximate surface area is 205 Å². The van der Waals surface area contributed by atoms with Gasteiger partial charge < -0.3 is 4.90 Å². The first kappa shape index (κ1) is 23.6. The highest BCUT2D eigenvalue weighted by Gasteiger charge is 2.32. The summed E-state index contributed by atoms with van der Waals surface area (Å²) in [6.45, 7) is 2.28. The van der Waals surface area contributed by atoms with Gasteiger partial charge in [0, 0.05) is 49.4 Å². The van der Waals surface area contributed by atoms with Crippen LogP contribution in [0.1, 0.15) is 12.8 Å². The summed E-state index contributed by atoms with van der Waals surface area (Å²) in [6.07, 6.45) is 1.02. The average Bonchev–Trinajstić information content (AvgIpc) is 3.57. The van der Waals surface area contributed by atoms with Crippen LogP contribution >= 0.6 is 12.4 Å². The van der Waals surface area contributed by atoms with Crippen LogP contribution in [0.15, 0.2) is 47.5 Å². The van der Waals surface area contributed by atoms with Gasteiger partial charge in [-0.15, -0.1) is 12.4 Å². The van der Waals surface area contributed by atoms with Crippen molar-refractivity contribution in [3.8, 4) is 11.1 Å². The zero-order valence-electron chi connectivity index (χ0n) is 18.8. The van der Waals surface area contributed by atoms with Crippen molar-refractivity contribution < 1.29 is 13.2 Å². The van der Waals surface area contributed by atoms with Crippen LogP contribution in [-0.2, 0) is 6.54 Å². The molecule has 1 aliphatic heterocycles. The third-order valence-corrected chi connectivity index (χ3v) is 6.78. The van der Waals surface area contributed by atoms with E-state index in [4.69, 9.17) is 0 Å². The van der Waals surface area contributed by atoms with E-state index in [2.05, 4.69) is 25.0 Å². The maximum Gasteiger partial charge on any atom is 0.406 e. The highest BCUT2D eigenvalue weighted by atomic mass is 35.5. The minimum Gasteiger partial charge on any atom is -0.354 e. The van der Waals surface area contributed by atoms with Gasteiger partial charge >= 0.3 is 6.18 Å². The van der Waals surface area contributed by atoms with Crippen molar-refractivity contribution in [2.75, 3.05) is 31.1 Å². The number of rotatable bonds is 4. The first-order chi connectivity index (χ1) is 16.4. The summed E-state index contributed by atoms with van der Waals surface area (Å²) in [5.41, 5.74) is 1.49. The van der Waals surface area contributed by atoms with Crippen molar-refractivity contribution in [1.29, 1.82) is 0 Å². The van der Waals surface area contributed by atoms with Crippen LogP contribution in [-0.4, -0.2) is 63.0 Å². The Hall–Kier alpha value is -3.11. The van der Waals surface area contributed by atoms with Crippen molar-refractivity contribution in [3.63, 3.8) is 0 Å². The predicted octanol–water partition coefficient (Wildman–Crippen LogP) is 4.21. The molecular weight excluding hydrogens is 481 g/mol. The number of aromatic amines is 1. The number of nitrogens with one attached hydrogen (secondary N) is 1. The second kappa shape index (κ2) is 8.83.